The highest BCUT2D eigenvalue weighted by Crippen LogP contribution is 2.29. The predicted octanol–water partition coefficient (Wildman–Crippen LogP) is 4.42. The van der Waals surface area contributed by atoms with Crippen LogP contribution in [-0.4, -0.2) is 9.38 Å². The van der Waals surface area contributed by atoms with Gasteiger partial charge in [-0.15, -0.1) is 22.9 Å². The van der Waals surface area contributed by atoms with Crippen molar-refractivity contribution in [3.05, 3.63) is 46.6 Å². The molecule has 4 heteroatoms. The molecule has 0 aliphatic carbocycles. The number of imidazole rings is 1. The Labute approximate surface area is 115 Å². The van der Waals surface area contributed by atoms with Gasteiger partial charge in [0.15, 0.2) is 4.96 Å². The first-order valence-electron chi connectivity index (χ1n) is 5.78. The Morgan fingerprint density at radius 1 is 1.33 bits per heavy atom. The molecule has 0 aliphatic rings. The lowest BCUT2D eigenvalue weighted by molar-refractivity contribution is 1.21. The summed E-state index contributed by atoms with van der Waals surface area (Å²) in [6.07, 6.45) is 2.02. The SMILES string of the molecule is Cc1ccc(-c2csc3nc(CCl)cn23)c(C)c1. The van der Waals surface area contributed by atoms with Crippen molar-refractivity contribution in [1.82, 2.24) is 9.38 Å². The molecule has 0 fully saturated rings. The van der Waals surface area contributed by atoms with E-state index in [0.717, 1.165) is 10.7 Å². The van der Waals surface area contributed by atoms with Crippen LogP contribution in [0.5, 0.6) is 0 Å². The molecule has 0 aliphatic heterocycles. The molecule has 0 unspecified atom stereocenters. The number of thiazole rings is 1. The van der Waals surface area contributed by atoms with Crippen molar-refractivity contribution in [2.75, 3.05) is 0 Å². The number of halogens is 1. The smallest absolute Gasteiger partial charge is 0.194 e. The molecule has 18 heavy (non-hydrogen) atoms. The summed E-state index contributed by atoms with van der Waals surface area (Å²) in [4.78, 5) is 5.47. The van der Waals surface area contributed by atoms with Crippen LogP contribution in [-0.2, 0) is 5.88 Å². The summed E-state index contributed by atoms with van der Waals surface area (Å²) in [5.41, 5.74) is 5.95. The molecule has 2 nitrogen and oxygen atoms in total. The van der Waals surface area contributed by atoms with E-state index in [0.29, 0.717) is 5.88 Å². The Balaban J connectivity index is 2.21. The number of rotatable bonds is 2. The van der Waals surface area contributed by atoms with Crippen LogP contribution < -0.4 is 0 Å². The Kier molecular flexibility index (Phi) is 2.88. The molecule has 0 atom stereocenters. The van der Waals surface area contributed by atoms with Gasteiger partial charge in [-0.25, -0.2) is 4.98 Å². The second-order valence-corrected chi connectivity index (χ2v) is 5.56. The van der Waals surface area contributed by atoms with Crippen LogP contribution in [0.15, 0.2) is 29.8 Å². The Morgan fingerprint density at radius 3 is 2.89 bits per heavy atom. The van der Waals surface area contributed by atoms with Gasteiger partial charge in [0.05, 0.1) is 17.3 Å². The highest BCUT2D eigenvalue weighted by molar-refractivity contribution is 7.15. The van der Waals surface area contributed by atoms with E-state index in [1.54, 1.807) is 11.3 Å². The molecule has 2 heterocycles. The second-order valence-electron chi connectivity index (χ2n) is 4.46. The summed E-state index contributed by atoms with van der Waals surface area (Å²) in [5.74, 6) is 0.459. The first-order valence-corrected chi connectivity index (χ1v) is 7.19. The number of nitrogens with zero attached hydrogens (tertiary/aromatic N) is 2. The first kappa shape index (κ1) is 11.8. The fourth-order valence-electron chi connectivity index (χ4n) is 2.19. The third-order valence-corrected chi connectivity index (χ3v) is 4.17. The van der Waals surface area contributed by atoms with Crippen molar-refractivity contribution in [1.29, 1.82) is 0 Å². The highest BCUT2D eigenvalue weighted by Gasteiger charge is 2.11. The lowest BCUT2D eigenvalue weighted by Gasteiger charge is -2.05. The summed E-state index contributed by atoms with van der Waals surface area (Å²) in [6.45, 7) is 4.26. The maximum atomic E-state index is 5.83. The first-order chi connectivity index (χ1) is 8.69. The molecular weight excluding hydrogens is 264 g/mol. The maximum absolute atomic E-state index is 5.83. The Hall–Kier alpha value is -1.32. The van der Waals surface area contributed by atoms with Crippen molar-refractivity contribution in [3.63, 3.8) is 0 Å². The number of fused-ring (bicyclic) bond motifs is 1. The van der Waals surface area contributed by atoms with Gasteiger partial charge >= 0.3 is 0 Å². The van der Waals surface area contributed by atoms with E-state index in [1.807, 2.05) is 6.20 Å². The van der Waals surface area contributed by atoms with E-state index in [4.69, 9.17) is 11.6 Å². The highest BCUT2D eigenvalue weighted by atomic mass is 35.5. The van der Waals surface area contributed by atoms with Crippen LogP contribution in [0.2, 0.25) is 0 Å². The summed E-state index contributed by atoms with van der Waals surface area (Å²) in [6, 6.07) is 6.52. The fraction of sp³-hybridized carbons (Fsp3) is 0.214. The Morgan fingerprint density at radius 2 is 2.17 bits per heavy atom. The minimum Gasteiger partial charge on any atom is -0.290 e. The van der Waals surface area contributed by atoms with Gasteiger partial charge in [-0.2, -0.15) is 0 Å². The number of alkyl halides is 1. The maximum Gasteiger partial charge on any atom is 0.194 e. The minimum absolute atomic E-state index is 0.459. The molecule has 0 amide bonds. The Bertz CT molecular complexity index is 712. The zero-order chi connectivity index (χ0) is 12.7. The van der Waals surface area contributed by atoms with E-state index < -0.39 is 0 Å². The van der Waals surface area contributed by atoms with Crippen molar-refractivity contribution in [2.24, 2.45) is 0 Å². The van der Waals surface area contributed by atoms with Crippen LogP contribution in [0.4, 0.5) is 0 Å². The minimum atomic E-state index is 0.459. The standard InChI is InChI=1S/C14H13ClN2S/c1-9-3-4-12(10(2)5-9)13-8-18-14-16-11(6-15)7-17(13)14/h3-5,7-8H,6H2,1-2H3. The summed E-state index contributed by atoms with van der Waals surface area (Å²) >= 11 is 7.49. The molecule has 1 aromatic carbocycles. The quantitative estimate of drug-likeness (QED) is 0.634. The third-order valence-electron chi connectivity index (χ3n) is 3.05. The molecule has 3 rings (SSSR count). The van der Waals surface area contributed by atoms with Crippen molar-refractivity contribution in [2.45, 2.75) is 19.7 Å². The van der Waals surface area contributed by atoms with Crippen LogP contribution in [0.3, 0.4) is 0 Å². The van der Waals surface area contributed by atoms with E-state index in [2.05, 4.69) is 46.8 Å². The zero-order valence-corrected chi connectivity index (χ0v) is 11.8. The van der Waals surface area contributed by atoms with E-state index >= 15 is 0 Å². The molecule has 92 valence electrons. The molecular formula is C14H13ClN2S. The third kappa shape index (κ3) is 1.84. The van der Waals surface area contributed by atoms with E-state index in [-0.39, 0.29) is 0 Å². The molecule has 0 bridgehead atoms. The monoisotopic (exact) mass is 276 g/mol. The normalized spacial score (nSPS) is 11.3. The lowest BCUT2D eigenvalue weighted by Crippen LogP contribution is -1.88. The van der Waals surface area contributed by atoms with Gasteiger partial charge in [-0.05, 0) is 19.4 Å². The lowest BCUT2D eigenvalue weighted by atomic mass is 10.0. The van der Waals surface area contributed by atoms with Gasteiger partial charge in [0, 0.05) is 17.1 Å². The van der Waals surface area contributed by atoms with Gasteiger partial charge in [0.1, 0.15) is 0 Å². The average Bonchev–Trinajstić information content (AvgIpc) is 2.89. The van der Waals surface area contributed by atoms with Gasteiger partial charge in [-0.3, -0.25) is 4.40 Å². The van der Waals surface area contributed by atoms with Crippen molar-refractivity contribution >= 4 is 27.9 Å². The molecule has 0 saturated heterocycles. The van der Waals surface area contributed by atoms with Crippen LogP contribution >= 0.6 is 22.9 Å². The van der Waals surface area contributed by atoms with Crippen molar-refractivity contribution < 1.29 is 0 Å². The number of aryl methyl sites for hydroxylation is 2. The number of hydrogen-bond acceptors (Lipinski definition) is 2. The molecule has 0 N–H and O–H groups in total. The summed E-state index contributed by atoms with van der Waals surface area (Å²) in [5, 5.41) is 2.15. The summed E-state index contributed by atoms with van der Waals surface area (Å²) in [7, 11) is 0. The number of aromatic nitrogens is 2. The van der Waals surface area contributed by atoms with Crippen LogP contribution in [0.25, 0.3) is 16.2 Å². The van der Waals surface area contributed by atoms with E-state index in [9.17, 15) is 0 Å². The van der Waals surface area contributed by atoms with Crippen molar-refractivity contribution in [3.8, 4) is 11.3 Å². The van der Waals surface area contributed by atoms with Crippen LogP contribution in [0.1, 0.15) is 16.8 Å². The second kappa shape index (κ2) is 4.41. The predicted molar refractivity (Wildman–Crippen MR) is 77.5 cm³/mol. The largest absolute Gasteiger partial charge is 0.290 e. The van der Waals surface area contributed by atoms with E-state index in [1.165, 1.54) is 22.4 Å². The number of benzene rings is 1. The molecule has 0 saturated carbocycles. The molecule has 0 spiro atoms. The fourth-order valence-corrected chi connectivity index (χ4v) is 3.21. The molecule has 2 aromatic heterocycles. The average molecular weight is 277 g/mol. The molecule has 3 aromatic rings. The van der Waals surface area contributed by atoms with Gasteiger partial charge < -0.3 is 0 Å². The topological polar surface area (TPSA) is 17.3 Å². The van der Waals surface area contributed by atoms with Gasteiger partial charge in [0.2, 0.25) is 0 Å². The summed E-state index contributed by atoms with van der Waals surface area (Å²) < 4.78 is 2.13. The van der Waals surface area contributed by atoms with Gasteiger partial charge in [-0.1, -0.05) is 23.8 Å². The number of hydrogen-bond donors (Lipinski definition) is 0. The van der Waals surface area contributed by atoms with Crippen LogP contribution in [0, 0.1) is 13.8 Å². The zero-order valence-electron chi connectivity index (χ0n) is 10.3. The molecule has 0 radical (unpaired) electrons. The van der Waals surface area contributed by atoms with Gasteiger partial charge in [0.25, 0.3) is 0 Å².